The number of carbonyl (C=O) groups is 2. The van der Waals surface area contributed by atoms with Gasteiger partial charge in [0.2, 0.25) is 5.91 Å². The Labute approximate surface area is 395 Å². The maximum Gasteiger partial charge on any atom is 0.290 e. The molecule has 7 nitrogen and oxygen atoms in total. The Kier molecular flexibility index (Phi) is 49.3. The summed E-state index contributed by atoms with van der Waals surface area (Å²) >= 11 is 0. The predicted octanol–water partition coefficient (Wildman–Crippen LogP) is 15.6. The van der Waals surface area contributed by atoms with Crippen LogP contribution in [0.5, 0.6) is 0 Å². The third-order valence-corrected chi connectivity index (χ3v) is 14.1. The summed E-state index contributed by atoms with van der Waals surface area (Å²) in [5.74, 6) is 1.19. The molecule has 63 heavy (non-hydrogen) atoms. The zero-order valence-electron chi connectivity index (χ0n) is 43.6. The Hall–Kier alpha value is -1.18. The first-order chi connectivity index (χ1) is 31.0. The maximum absolute atomic E-state index is 14.0. The smallest absolute Gasteiger partial charge is 0.290 e. The largest absolute Gasteiger partial charge is 0.483 e. The van der Waals surface area contributed by atoms with E-state index in [1.807, 2.05) is 0 Å². The summed E-state index contributed by atoms with van der Waals surface area (Å²) in [5, 5.41) is 6.89. The van der Waals surface area contributed by atoms with Crippen LogP contribution in [0, 0.1) is 5.92 Å². The van der Waals surface area contributed by atoms with Crippen molar-refractivity contribution in [2.75, 3.05) is 72.0 Å². The van der Waals surface area contributed by atoms with E-state index in [2.05, 4.69) is 54.2 Å². The lowest BCUT2D eigenvalue weighted by Crippen LogP contribution is -2.46. The minimum Gasteiger partial charge on any atom is -0.483 e. The molecular formula is C56H114N4O3. The van der Waals surface area contributed by atoms with Crippen molar-refractivity contribution in [1.82, 2.24) is 19.6 Å². The lowest BCUT2D eigenvalue weighted by atomic mass is 9.93. The van der Waals surface area contributed by atoms with Gasteiger partial charge in [0.25, 0.3) is 6.47 Å². The van der Waals surface area contributed by atoms with Gasteiger partial charge in [0.15, 0.2) is 0 Å². The Morgan fingerprint density at radius 2 is 0.667 bits per heavy atom. The maximum atomic E-state index is 14.0. The van der Waals surface area contributed by atoms with E-state index in [0.717, 1.165) is 38.6 Å². The van der Waals surface area contributed by atoms with Crippen LogP contribution in [0.4, 0.5) is 0 Å². The fraction of sp³-hybridized carbons (Fsp3) is 0.964. The molecule has 1 saturated heterocycles. The van der Waals surface area contributed by atoms with E-state index in [-0.39, 0.29) is 6.47 Å². The van der Waals surface area contributed by atoms with Gasteiger partial charge in [0.05, 0.1) is 6.54 Å². The summed E-state index contributed by atoms with van der Waals surface area (Å²) in [6.07, 6.45) is 50.6. The summed E-state index contributed by atoms with van der Waals surface area (Å²) < 4.78 is 0. The molecule has 0 bridgehead atoms. The Morgan fingerprint density at radius 3 is 0.984 bits per heavy atom. The first-order valence-electron chi connectivity index (χ1n) is 28.5. The molecule has 1 amide bonds. The number of hydrogen-bond donors (Lipinski definition) is 1. The predicted molar refractivity (Wildman–Crippen MR) is 277 cm³/mol. The SMILES string of the molecule is CCCCCCCCCN(CCCCCCCCC)CCC1CCN(C(=O)CN(CCCCCCCCC)CCN(CCCCCCCC)CCCCCCCCC)CC1.O=CO. The lowest BCUT2D eigenvalue weighted by Gasteiger charge is -2.35. The number of likely N-dealkylation sites (tertiary alicyclic amines) is 1. The van der Waals surface area contributed by atoms with E-state index in [1.54, 1.807) is 0 Å². The molecule has 376 valence electrons. The lowest BCUT2D eigenvalue weighted by molar-refractivity contribution is -0.134. The van der Waals surface area contributed by atoms with Crippen LogP contribution >= 0.6 is 0 Å². The van der Waals surface area contributed by atoms with Crippen LogP contribution in [0.1, 0.15) is 272 Å². The Balaban J connectivity index is 0.0000124. The molecule has 1 rings (SSSR count). The first kappa shape index (κ1) is 61.8. The number of piperidine rings is 1. The molecule has 0 atom stereocenters. The number of amides is 1. The van der Waals surface area contributed by atoms with Crippen molar-refractivity contribution in [3.63, 3.8) is 0 Å². The van der Waals surface area contributed by atoms with Crippen LogP contribution in [0.2, 0.25) is 0 Å². The summed E-state index contributed by atoms with van der Waals surface area (Å²) in [5.41, 5.74) is 0. The normalized spacial score (nSPS) is 13.4. The quantitative estimate of drug-likeness (QED) is 0.0485. The van der Waals surface area contributed by atoms with E-state index >= 15 is 0 Å². The van der Waals surface area contributed by atoms with Crippen LogP contribution in [0.15, 0.2) is 0 Å². The summed E-state index contributed by atoms with van der Waals surface area (Å²) in [4.78, 5) is 32.8. The molecule has 0 aliphatic carbocycles. The topological polar surface area (TPSA) is 67.3 Å². The van der Waals surface area contributed by atoms with Gasteiger partial charge in [0, 0.05) is 26.2 Å². The van der Waals surface area contributed by atoms with Gasteiger partial charge in [-0.3, -0.25) is 14.5 Å². The summed E-state index contributed by atoms with van der Waals surface area (Å²) in [6, 6.07) is 0. The molecule has 0 unspecified atom stereocenters. The standard InChI is InChI=1S/C55H112N4O.CH2O2/c1-6-11-16-21-26-31-35-43-56(44-36-32-27-22-17-12-7-2)48-40-54-41-49-59(50-42-54)55(60)53-58(47-39-34-29-24-19-14-9-4)52-51-57(45-37-30-25-20-15-10-5)46-38-33-28-23-18-13-8-3;2-1-3/h54H,6-53H2,1-5H3;1H,(H,2,3). The fourth-order valence-electron chi connectivity index (χ4n) is 9.64. The molecule has 1 fully saturated rings. The van der Waals surface area contributed by atoms with Crippen molar-refractivity contribution in [3.05, 3.63) is 0 Å². The molecule has 1 aliphatic rings. The zero-order valence-corrected chi connectivity index (χ0v) is 43.6. The van der Waals surface area contributed by atoms with E-state index < -0.39 is 0 Å². The number of rotatable bonds is 47. The van der Waals surface area contributed by atoms with Crippen molar-refractivity contribution in [2.45, 2.75) is 272 Å². The van der Waals surface area contributed by atoms with E-state index in [9.17, 15) is 4.79 Å². The molecular weight excluding hydrogens is 777 g/mol. The number of hydrogen-bond acceptors (Lipinski definition) is 5. The van der Waals surface area contributed by atoms with Crippen molar-refractivity contribution >= 4 is 12.4 Å². The van der Waals surface area contributed by atoms with Crippen molar-refractivity contribution in [3.8, 4) is 0 Å². The van der Waals surface area contributed by atoms with E-state index in [1.165, 1.54) is 270 Å². The first-order valence-corrected chi connectivity index (χ1v) is 28.5. The van der Waals surface area contributed by atoms with Gasteiger partial charge in [0.1, 0.15) is 0 Å². The fourth-order valence-corrected chi connectivity index (χ4v) is 9.64. The molecule has 7 heteroatoms. The molecule has 0 aromatic carbocycles. The highest BCUT2D eigenvalue weighted by Crippen LogP contribution is 2.22. The second kappa shape index (κ2) is 50.2. The summed E-state index contributed by atoms with van der Waals surface area (Å²) in [6.45, 7) is 23.5. The highest BCUT2D eigenvalue weighted by molar-refractivity contribution is 5.78. The summed E-state index contributed by atoms with van der Waals surface area (Å²) in [7, 11) is 0. The zero-order chi connectivity index (χ0) is 46.1. The van der Waals surface area contributed by atoms with E-state index in [4.69, 9.17) is 9.90 Å². The second-order valence-electron chi connectivity index (χ2n) is 19.9. The molecule has 0 aromatic rings. The average Bonchev–Trinajstić information content (AvgIpc) is 3.29. The van der Waals surface area contributed by atoms with Gasteiger partial charge in [-0.25, -0.2) is 0 Å². The van der Waals surface area contributed by atoms with Gasteiger partial charge >= 0.3 is 0 Å². The highest BCUT2D eigenvalue weighted by Gasteiger charge is 2.25. The van der Waals surface area contributed by atoms with Gasteiger partial charge in [-0.15, -0.1) is 0 Å². The van der Waals surface area contributed by atoms with Gasteiger partial charge in [-0.1, -0.05) is 221 Å². The molecule has 1 aliphatic heterocycles. The Bertz CT molecular complexity index is 895. The highest BCUT2D eigenvalue weighted by atomic mass is 16.3. The van der Waals surface area contributed by atoms with Crippen LogP contribution in [0.25, 0.3) is 0 Å². The van der Waals surface area contributed by atoms with Gasteiger partial charge in [-0.2, -0.15) is 0 Å². The second-order valence-corrected chi connectivity index (χ2v) is 19.9. The number of unbranched alkanes of at least 4 members (excludes halogenated alkanes) is 29. The molecule has 0 saturated carbocycles. The molecule has 0 radical (unpaired) electrons. The molecule has 1 N–H and O–H groups in total. The van der Waals surface area contributed by atoms with Crippen LogP contribution in [-0.4, -0.2) is 109 Å². The van der Waals surface area contributed by atoms with E-state index in [0.29, 0.717) is 12.5 Å². The number of nitrogens with zero attached hydrogens (tertiary/aromatic N) is 4. The van der Waals surface area contributed by atoms with Crippen molar-refractivity contribution in [2.24, 2.45) is 5.92 Å². The third kappa shape index (κ3) is 42.0. The molecule has 1 heterocycles. The Morgan fingerprint density at radius 1 is 0.413 bits per heavy atom. The van der Waals surface area contributed by atoms with Crippen LogP contribution in [-0.2, 0) is 9.59 Å². The third-order valence-electron chi connectivity index (χ3n) is 14.1. The van der Waals surface area contributed by atoms with Gasteiger partial charge in [-0.05, 0) is 96.6 Å². The van der Waals surface area contributed by atoms with Crippen LogP contribution < -0.4 is 0 Å². The minimum atomic E-state index is -0.250. The molecule has 0 aromatic heterocycles. The minimum absolute atomic E-state index is 0.250. The average molecular weight is 892 g/mol. The van der Waals surface area contributed by atoms with Crippen molar-refractivity contribution < 1.29 is 14.7 Å². The van der Waals surface area contributed by atoms with Crippen LogP contribution in [0.3, 0.4) is 0 Å². The molecule has 0 spiro atoms. The van der Waals surface area contributed by atoms with Gasteiger partial charge < -0.3 is 19.8 Å². The number of carboxylic acid groups (broad SMARTS) is 1. The number of carbonyl (C=O) groups excluding carboxylic acids is 1. The van der Waals surface area contributed by atoms with Crippen molar-refractivity contribution in [1.29, 1.82) is 0 Å². The monoisotopic (exact) mass is 891 g/mol.